The molecule has 62 valence electrons. The van der Waals surface area contributed by atoms with Crippen molar-refractivity contribution in [2.24, 2.45) is 4.99 Å². The van der Waals surface area contributed by atoms with Crippen molar-refractivity contribution in [2.75, 3.05) is 5.75 Å². The van der Waals surface area contributed by atoms with E-state index in [9.17, 15) is 4.79 Å². The Labute approximate surface area is 74.6 Å². The topological polar surface area (TPSA) is 41.5 Å². The van der Waals surface area contributed by atoms with Crippen molar-refractivity contribution in [1.29, 1.82) is 0 Å². The molecular weight excluding hydrogens is 172 g/mol. The smallest absolute Gasteiger partial charge is 0.219 e. The first kappa shape index (κ1) is 7.61. The molecule has 0 aromatic carbocycles. The molecule has 1 saturated heterocycles. The van der Waals surface area contributed by atoms with Crippen molar-refractivity contribution in [1.82, 2.24) is 5.32 Å². The molecule has 2 aliphatic heterocycles. The minimum absolute atomic E-state index is 0.157. The van der Waals surface area contributed by atoms with Gasteiger partial charge in [0.1, 0.15) is 5.82 Å². The molecule has 1 N–H and O–H groups in total. The lowest BCUT2D eigenvalue weighted by Gasteiger charge is -2.06. The zero-order valence-electron chi connectivity index (χ0n) is 6.41. The van der Waals surface area contributed by atoms with E-state index in [4.69, 9.17) is 0 Å². The number of aliphatic imine (C=N–C) groups is 1. The zero-order valence-corrected chi connectivity index (χ0v) is 7.23. The average molecular weight is 180 g/mol. The second-order valence-corrected chi connectivity index (χ2v) is 3.56. The Morgan fingerprint density at radius 1 is 1.58 bits per heavy atom. The largest absolute Gasteiger partial charge is 0.346 e. The van der Waals surface area contributed by atoms with E-state index in [-0.39, 0.29) is 5.12 Å². The molecule has 2 heterocycles. The molecule has 0 amide bonds. The predicted molar refractivity (Wildman–Crippen MR) is 49.9 cm³/mol. The third-order valence-corrected chi connectivity index (χ3v) is 2.64. The van der Waals surface area contributed by atoms with Crippen molar-refractivity contribution < 1.29 is 4.79 Å². The summed E-state index contributed by atoms with van der Waals surface area (Å²) in [4.78, 5) is 15.3. The van der Waals surface area contributed by atoms with Gasteiger partial charge >= 0.3 is 0 Å². The molecular formula is C8H8N2OS. The van der Waals surface area contributed by atoms with Crippen LogP contribution < -0.4 is 5.32 Å². The number of hydrogen-bond donors (Lipinski definition) is 1. The quantitative estimate of drug-likeness (QED) is 0.566. The van der Waals surface area contributed by atoms with Gasteiger partial charge in [-0.25, -0.2) is 4.99 Å². The van der Waals surface area contributed by atoms with Gasteiger partial charge in [-0.1, -0.05) is 11.8 Å². The number of nitrogens with zero attached hydrogens (tertiary/aromatic N) is 1. The molecule has 12 heavy (non-hydrogen) atoms. The normalized spacial score (nSPS) is 27.8. The molecule has 1 fully saturated rings. The summed E-state index contributed by atoms with van der Waals surface area (Å²) in [5.74, 6) is 1.60. The molecule has 3 nitrogen and oxygen atoms in total. The lowest BCUT2D eigenvalue weighted by molar-refractivity contribution is -0.107. The van der Waals surface area contributed by atoms with Gasteiger partial charge in [0.05, 0.1) is 0 Å². The van der Waals surface area contributed by atoms with Crippen LogP contribution in [0.2, 0.25) is 0 Å². The summed E-state index contributed by atoms with van der Waals surface area (Å²) in [6.45, 7) is 0. The predicted octanol–water partition coefficient (Wildman–Crippen LogP) is 1.05. The molecule has 0 bridgehead atoms. The third-order valence-electron chi connectivity index (χ3n) is 1.72. The zero-order chi connectivity index (χ0) is 8.39. The van der Waals surface area contributed by atoms with Crippen LogP contribution in [0.15, 0.2) is 28.7 Å². The number of carbonyl (C=O) groups is 1. The van der Waals surface area contributed by atoms with Crippen LogP contribution in [0.4, 0.5) is 0 Å². The number of nitrogens with one attached hydrogen (secondary N) is 1. The number of rotatable bonds is 0. The van der Waals surface area contributed by atoms with Crippen LogP contribution in [0.3, 0.4) is 0 Å². The minimum Gasteiger partial charge on any atom is -0.346 e. The fourth-order valence-electron chi connectivity index (χ4n) is 1.14. The maximum Gasteiger partial charge on any atom is 0.219 e. The number of hydrogen-bond acceptors (Lipinski definition) is 4. The van der Waals surface area contributed by atoms with E-state index < -0.39 is 0 Å². The fourth-order valence-corrected chi connectivity index (χ4v) is 2.00. The highest BCUT2D eigenvalue weighted by atomic mass is 32.2. The van der Waals surface area contributed by atoms with Crippen LogP contribution in [0.25, 0.3) is 0 Å². The van der Waals surface area contributed by atoms with Gasteiger partial charge in [0, 0.05) is 23.7 Å². The SMILES string of the molecule is O=C1SCCC1=C1N=CC=CN1. The molecule has 0 saturated carbocycles. The van der Waals surface area contributed by atoms with E-state index in [0.29, 0.717) is 5.82 Å². The van der Waals surface area contributed by atoms with Gasteiger partial charge in [0.15, 0.2) is 0 Å². The Hall–Kier alpha value is -1.03. The summed E-state index contributed by atoms with van der Waals surface area (Å²) in [6, 6.07) is 0. The van der Waals surface area contributed by atoms with Gasteiger partial charge in [-0.3, -0.25) is 4.79 Å². The van der Waals surface area contributed by atoms with E-state index in [0.717, 1.165) is 17.7 Å². The van der Waals surface area contributed by atoms with Gasteiger partial charge in [0.25, 0.3) is 0 Å². The van der Waals surface area contributed by atoms with E-state index in [1.54, 1.807) is 18.5 Å². The summed E-state index contributed by atoms with van der Waals surface area (Å²) in [6.07, 6.45) is 6.11. The second kappa shape index (κ2) is 3.15. The Bertz CT molecular complexity index is 304. The van der Waals surface area contributed by atoms with E-state index in [2.05, 4.69) is 10.3 Å². The molecule has 0 aromatic heterocycles. The van der Waals surface area contributed by atoms with Crippen molar-refractivity contribution in [3.05, 3.63) is 23.7 Å². The van der Waals surface area contributed by atoms with E-state index in [1.807, 2.05) is 0 Å². The number of allylic oxidation sites excluding steroid dienone is 1. The van der Waals surface area contributed by atoms with E-state index in [1.165, 1.54) is 11.8 Å². The van der Waals surface area contributed by atoms with Crippen LogP contribution >= 0.6 is 11.8 Å². The van der Waals surface area contributed by atoms with Gasteiger partial charge in [-0.05, 0) is 12.5 Å². The highest BCUT2D eigenvalue weighted by Crippen LogP contribution is 2.27. The van der Waals surface area contributed by atoms with Gasteiger partial charge in [0.2, 0.25) is 5.12 Å². The Balaban J connectivity index is 2.30. The summed E-state index contributed by atoms with van der Waals surface area (Å²) in [7, 11) is 0. The molecule has 0 atom stereocenters. The summed E-state index contributed by atoms with van der Waals surface area (Å²) < 4.78 is 0. The Morgan fingerprint density at radius 3 is 3.08 bits per heavy atom. The maximum absolute atomic E-state index is 11.2. The number of thioether (sulfide) groups is 1. The van der Waals surface area contributed by atoms with Gasteiger partial charge in [-0.2, -0.15) is 0 Å². The van der Waals surface area contributed by atoms with Crippen LogP contribution in [0.1, 0.15) is 6.42 Å². The highest BCUT2D eigenvalue weighted by Gasteiger charge is 2.21. The maximum atomic E-state index is 11.2. The summed E-state index contributed by atoms with van der Waals surface area (Å²) in [5, 5.41) is 3.12. The summed E-state index contributed by atoms with van der Waals surface area (Å²) in [5.41, 5.74) is 0.820. The Kier molecular flexibility index (Phi) is 1.99. The molecule has 2 aliphatic rings. The molecule has 0 unspecified atom stereocenters. The first-order valence-electron chi connectivity index (χ1n) is 3.74. The lowest BCUT2D eigenvalue weighted by Crippen LogP contribution is -2.11. The average Bonchev–Trinajstić information content (AvgIpc) is 2.53. The van der Waals surface area contributed by atoms with Gasteiger partial charge in [-0.15, -0.1) is 0 Å². The van der Waals surface area contributed by atoms with E-state index >= 15 is 0 Å². The Morgan fingerprint density at radius 2 is 2.50 bits per heavy atom. The lowest BCUT2D eigenvalue weighted by atomic mass is 10.2. The minimum atomic E-state index is 0.157. The van der Waals surface area contributed by atoms with Crippen molar-refractivity contribution in [3.8, 4) is 0 Å². The molecule has 0 aliphatic carbocycles. The fraction of sp³-hybridized carbons (Fsp3) is 0.250. The van der Waals surface area contributed by atoms with Crippen LogP contribution in [-0.2, 0) is 4.79 Å². The van der Waals surface area contributed by atoms with Crippen molar-refractivity contribution >= 4 is 23.1 Å². The third kappa shape index (κ3) is 1.30. The van der Waals surface area contributed by atoms with Crippen molar-refractivity contribution in [2.45, 2.75) is 6.42 Å². The molecule has 2 rings (SSSR count). The molecule has 0 spiro atoms. The first-order valence-corrected chi connectivity index (χ1v) is 4.72. The molecule has 4 heteroatoms. The van der Waals surface area contributed by atoms with Crippen LogP contribution in [-0.4, -0.2) is 17.1 Å². The van der Waals surface area contributed by atoms with Crippen LogP contribution in [0.5, 0.6) is 0 Å². The van der Waals surface area contributed by atoms with Gasteiger partial charge < -0.3 is 5.32 Å². The number of carbonyl (C=O) groups excluding carboxylic acids is 1. The standard InChI is InChI=1S/C8H8N2OS/c11-8-6(2-5-12-8)7-9-3-1-4-10-7/h1,3-4,9H,2,5H2. The van der Waals surface area contributed by atoms with Crippen molar-refractivity contribution in [3.63, 3.8) is 0 Å². The molecule has 0 aromatic rings. The second-order valence-electron chi connectivity index (χ2n) is 2.49. The molecule has 0 radical (unpaired) electrons. The summed E-state index contributed by atoms with van der Waals surface area (Å²) >= 11 is 1.36. The highest BCUT2D eigenvalue weighted by molar-refractivity contribution is 8.14. The van der Waals surface area contributed by atoms with Crippen LogP contribution in [0, 0.1) is 0 Å². The monoisotopic (exact) mass is 180 g/mol. The first-order chi connectivity index (χ1) is 5.88.